The Morgan fingerprint density at radius 1 is 0.906 bits per heavy atom. The SMILES string of the molecule is CCc1ccc(N/C(=C(\C)c2ccc(C(=O)O)cc2NC=O)c2ccccc2)cc1CC. The van der Waals surface area contributed by atoms with Crippen LogP contribution < -0.4 is 10.6 Å². The molecule has 1 amide bonds. The molecule has 0 aliphatic rings. The highest BCUT2D eigenvalue weighted by atomic mass is 16.4. The van der Waals surface area contributed by atoms with Gasteiger partial charge in [-0.2, -0.15) is 0 Å². The molecule has 0 heterocycles. The van der Waals surface area contributed by atoms with Gasteiger partial charge in [-0.25, -0.2) is 4.79 Å². The van der Waals surface area contributed by atoms with E-state index in [0.29, 0.717) is 12.1 Å². The molecule has 0 radical (unpaired) electrons. The first-order valence-corrected chi connectivity index (χ1v) is 10.7. The number of hydrogen-bond donors (Lipinski definition) is 3. The lowest BCUT2D eigenvalue weighted by atomic mass is 9.97. The first-order valence-electron chi connectivity index (χ1n) is 10.7. The van der Waals surface area contributed by atoms with E-state index in [9.17, 15) is 14.7 Å². The Morgan fingerprint density at radius 3 is 2.25 bits per heavy atom. The Hall–Kier alpha value is -3.86. The van der Waals surface area contributed by atoms with E-state index in [1.54, 1.807) is 12.1 Å². The first kappa shape index (κ1) is 22.8. The highest BCUT2D eigenvalue weighted by Crippen LogP contribution is 2.33. The van der Waals surface area contributed by atoms with Crippen LogP contribution in [0.4, 0.5) is 11.4 Å². The molecule has 0 aliphatic heterocycles. The number of carboxylic acid groups (broad SMARTS) is 1. The summed E-state index contributed by atoms with van der Waals surface area (Å²) in [7, 11) is 0. The molecular formula is C27H28N2O3. The number of carboxylic acids is 1. The zero-order valence-corrected chi connectivity index (χ0v) is 18.6. The van der Waals surface area contributed by atoms with E-state index in [4.69, 9.17) is 0 Å². The van der Waals surface area contributed by atoms with Crippen molar-refractivity contribution in [3.8, 4) is 0 Å². The van der Waals surface area contributed by atoms with Crippen LogP contribution in [0.25, 0.3) is 11.3 Å². The van der Waals surface area contributed by atoms with Crippen molar-refractivity contribution < 1.29 is 14.7 Å². The molecule has 5 heteroatoms. The minimum atomic E-state index is -1.04. The number of allylic oxidation sites excluding steroid dienone is 1. The third kappa shape index (κ3) is 5.06. The van der Waals surface area contributed by atoms with Crippen LogP contribution in [-0.4, -0.2) is 17.5 Å². The normalized spacial score (nSPS) is 11.5. The fourth-order valence-corrected chi connectivity index (χ4v) is 3.83. The molecule has 3 aromatic carbocycles. The maximum absolute atomic E-state index is 11.4. The number of nitrogens with one attached hydrogen (secondary N) is 2. The van der Waals surface area contributed by atoms with E-state index in [2.05, 4.69) is 42.7 Å². The van der Waals surface area contributed by atoms with Gasteiger partial charge < -0.3 is 15.7 Å². The van der Waals surface area contributed by atoms with E-state index in [1.165, 1.54) is 17.2 Å². The molecule has 0 aromatic heterocycles. The van der Waals surface area contributed by atoms with Gasteiger partial charge in [-0.3, -0.25) is 4.79 Å². The lowest BCUT2D eigenvalue weighted by molar-refractivity contribution is -0.105. The van der Waals surface area contributed by atoms with Crippen LogP contribution in [0, 0.1) is 0 Å². The van der Waals surface area contributed by atoms with Crippen LogP contribution in [0.2, 0.25) is 0 Å². The Balaban J connectivity index is 2.16. The average molecular weight is 429 g/mol. The second kappa shape index (κ2) is 10.4. The van der Waals surface area contributed by atoms with Gasteiger partial charge in [0, 0.05) is 22.6 Å². The van der Waals surface area contributed by atoms with Crippen molar-refractivity contribution in [3.63, 3.8) is 0 Å². The molecule has 3 N–H and O–H groups in total. The van der Waals surface area contributed by atoms with Crippen LogP contribution in [-0.2, 0) is 17.6 Å². The highest BCUT2D eigenvalue weighted by Gasteiger charge is 2.15. The number of amides is 1. The van der Waals surface area contributed by atoms with Crippen molar-refractivity contribution in [1.29, 1.82) is 0 Å². The quantitative estimate of drug-likeness (QED) is 0.285. The van der Waals surface area contributed by atoms with E-state index < -0.39 is 5.97 Å². The average Bonchev–Trinajstić information content (AvgIpc) is 2.82. The van der Waals surface area contributed by atoms with E-state index in [1.807, 2.05) is 37.3 Å². The first-order chi connectivity index (χ1) is 15.5. The summed E-state index contributed by atoms with van der Waals surface area (Å²) in [4.78, 5) is 22.6. The number of rotatable bonds is 9. The van der Waals surface area contributed by atoms with Crippen LogP contribution in [0.1, 0.15) is 53.4 Å². The molecule has 3 rings (SSSR count). The molecule has 0 bridgehead atoms. The molecule has 164 valence electrons. The zero-order valence-electron chi connectivity index (χ0n) is 18.6. The largest absolute Gasteiger partial charge is 0.478 e. The molecule has 0 unspecified atom stereocenters. The predicted octanol–water partition coefficient (Wildman–Crippen LogP) is 6.08. The minimum absolute atomic E-state index is 0.114. The van der Waals surface area contributed by atoms with Gasteiger partial charge in [0.15, 0.2) is 0 Å². The fourth-order valence-electron chi connectivity index (χ4n) is 3.83. The molecule has 32 heavy (non-hydrogen) atoms. The van der Waals surface area contributed by atoms with E-state index in [-0.39, 0.29) is 5.56 Å². The van der Waals surface area contributed by atoms with Gasteiger partial charge in [0.1, 0.15) is 0 Å². The fraction of sp³-hybridized carbons (Fsp3) is 0.185. The summed E-state index contributed by atoms with van der Waals surface area (Å²) >= 11 is 0. The van der Waals surface area contributed by atoms with Crippen molar-refractivity contribution in [2.75, 3.05) is 10.6 Å². The van der Waals surface area contributed by atoms with Crippen LogP contribution in [0.3, 0.4) is 0 Å². The lowest BCUT2D eigenvalue weighted by Gasteiger charge is -2.19. The van der Waals surface area contributed by atoms with Crippen molar-refractivity contribution in [2.45, 2.75) is 33.6 Å². The number of aromatic carboxylic acids is 1. The Bertz CT molecular complexity index is 1150. The maximum atomic E-state index is 11.4. The number of carbonyl (C=O) groups excluding carboxylic acids is 1. The number of aryl methyl sites for hydroxylation is 2. The Kier molecular flexibility index (Phi) is 7.45. The zero-order chi connectivity index (χ0) is 23.1. The van der Waals surface area contributed by atoms with Gasteiger partial charge in [0.2, 0.25) is 6.41 Å². The number of anilines is 2. The topological polar surface area (TPSA) is 78.4 Å². The molecule has 0 aliphatic carbocycles. The molecule has 3 aromatic rings. The third-order valence-corrected chi connectivity index (χ3v) is 5.56. The number of benzene rings is 3. The monoisotopic (exact) mass is 428 g/mol. The van der Waals surface area contributed by atoms with Crippen LogP contribution in [0.5, 0.6) is 0 Å². The number of carbonyl (C=O) groups is 2. The highest BCUT2D eigenvalue weighted by molar-refractivity contribution is 6.00. The summed E-state index contributed by atoms with van der Waals surface area (Å²) in [5.41, 5.74) is 7.68. The standard InChI is InChI=1S/C27H28N2O3/c1-4-19-11-13-23(15-20(19)5-2)29-26(21-9-7-6-8-10-21)18(3)24-14-12-22(27(31)32)16-25(24)28-17-30/h6-17,29H,4-5H2,1-3H3,(H,28,30)(H,31,32)/b26-18+. The van der Waals surface area contributed by atoms with E-state index >= 15 is 0 Å². The number of hydrogen-bond acceptors (Lipinski definition) is 3. The summed E-state index contributed by atoms with van der Waals surface area (Å²) in [5.74, 6) is -1.04. The second-order valence-electron chi connectivity index (χ2n) is 7.51. The molecule has 0 saturated carbocycles. The Labute approximate surface area is 188 Å². The lowest BCUT2D eigenvalue weighted by Crippen LogP contribution is -2.06. The molecule has 5 nitrogen and oxygen atoms in total. The van der Waals surface area contributed by atoms with Gasteiger partial charge in [-0.05, 0) is 66.3 Å². The van der Waals surface area contributed by atoms with Gasteiger partial charge in [-0.15, -0.1) is 0 Å². The molecular weight excluding hydrogens is 400 g/mol. The predicted molar refractivity (Wildman–Crippen MR) is 131 cm³/mol. The van der Waals surface area contributed by atoms with Gasteiger partial charge in [0.05, 0.1) is 5.56 Å². The van der Waals surface area contributed by atoms with E-state index in [0.717, 1.165) is 40.9 Å². The van der Waals surface area contributed by atoms with Crippen LogP contribution >= 0.6 is 0 Å². The third-order valence-electron chi connectivity index (χ3n) is 5.56. The molecule has 0 spiro atoms. The summed E-state index contributed by atoms with van der Waals surface area (Å²) in [5, 5.41) is 15.6. The molecule has 0 atom stereocenters. The summed E-state index contributed by atoms with van der Waals surface area (Å²) in [6, 6.07) is 21.1. The van der Waals surface area contributed by atoms with Gasteiger partial charge in [0.25, 0.3) is 0 Å². The summed E-state index contributed by atoms with van der Waals surface area (Å²) in [6.07, 6.45) is 2.50. The van der Waals surface area contributed by atoms with Crippen molar-refractivity contribution in [3.05, 3.63) is 94.5 Å². The summed E-state index contributed by atoms with van der Waals surface area (Å²) < 4.78 is 0. The Morgan fingerprint density at radius 2 is 1.62 bits per heavy atom. The van der Waals surface area contributed by atoms with Crippen molar-refractivity contribution in [1.82, 2.24) is 0 Å². The molecule has 0 saturated heterocycles. The van der Waals surface area contributed by atoms with Crippen molar-refractivity contribution >= 4 is 35.0 Å². The van der Waals surface area contributed by atoms with Gasteiger partial charge >= 0.3 is 5.97 Å². The smallest absolute Gasteiger partial charge is 0.335 e. The summed E-state index contributed by atoms with van der Waals surface area (Å²) in [6.45, 7) is 6.27. The van der Waals surface area contributed by atoms with Gasteiger partial charge in [-0.1, -0.05) is 56.3 Å². The van der Waals surface area contributed by atoms with Crippen LogP contribution in [0.15, 0.2) is 66.7 Å². The molecule has 0 fully saturated rings. The second-order valence-corrected chi connectivity index (χ2v) is 7.51. The minimum Gasteiger partial charge on any atom is -0.478 e. The maximum Gasteiger partial charge on any atom is 0.335 e. The van der Waals surface area contributed by atoms with Crippen molar-refractivity contribution in [2.24, 2.45) is 0 Å².